The monoisotopic (exact) mass is 428 g/mol. The molecule has 1 amide bonds. The minimum atomic E-state index is -0.538. The molecule has 1 N–H and O–H groups in total. The fourth-order valence-electron chi connectivity index (χ4n) is 3.33. The van der Waals surface area contributed by atoms with E-state index in [4.69, 9.17) is 0 Å². The number of anilines is 1. The topological polar surface area (TPSA) is 86.0 Å². The third kappa shape index (κ3) is 2.80. The summed E-state index contributed by atoms with van der Waals surface area (Å²) < 4.78 is 3.30. The lowest BCUT2D eigenvalue weighted by Crippen LogP contribution is -2.37. The van der Waals surface area contributed by atoms with Crippen LogP contribution in [-0.2, 0) is 24.3 Å². The molecule has 2 aromatic heterocycles. The summed E-state index contributed by atoms with van der Waals surface area (Å²) in [5.74, 6) is -0.118. The number of fused-ring (bicyclic) bond motifs is 1. The molecule has 8 heteroatoms. The summed E-state index contributed by atoms with van der Waals surface area (Å²) in [6.45, 7) is 0. The number of nitrogens with one attached hydrogen (secondary N) is 1. The van der Waals surface area contributed by atoms with Gasteiger partial charge >= 0.3 is 5.69 Å². The van der Waals surface area contributed by atoms with Gasteiger partial charge in [0, 0.05) is 18.6 Å². The molecule has 7 nitrogen and oxygen atoms in total. The van der Waals surface area contributed by atoms with Gasteiger partial charge in [-0.2, -0.15) is 0 Å². The average Bonchev–Trinajstić information content (AvgIpc) is 3.47. The number of halogens is 1. The number of hydrogen-bond donors (Lipinski definition) is 1. The van der Waals surface area contributed by atoms with Crippen LogP contribution < -0.4 is 16.6 Å². The first-order valence-corrected chi connectivity index (χ1v) is 9.26. The number of aryl methyl sites for hydroxylation is 1. The van der Waals surface area contributed by atoms with Gasteiger partial charge < -0.3 is 5.32 Å². The summed E-state index contributed by atoms with van der Waals surface area (Å²) in [6, 6.07) is 9.30. The molecule has 3 aromatic rings. The highest BCUT2D eigenvalue weighted by Crippen LogP contribution is 2.49. The highest BCUT2D eigenvalue weighted by Gasteiger charge is 2.51. The zero-order valence-electron chi connectivity index (χ0n) is 14.8. The van der Waals surface area contributed by atoms with Crippen molar-refractivity contribution in [2.24, 2.45) is 14.1 Å². The number of amides is 1. The number of rotatable bonds is 3. The van der Waals surface area contributed by atoms with Crippen LogP contribution in [0.25, 0.3) is 11.0 Å². The van der Waals surface area contributed by atoms with Gasteiger partial charge in [-0.25, -0.2) is 9.78 Å². The van der Waals surface area contributed by atoms with Crippen molar-refractivity contribution in [3.63, 3.8) is 0 Å². The summed E-state index contributed by atoms with van der Waals surface area (Å²) in [7, 11) is 2.98. The van der Waals surface area contributed by atoms with E-state index in [-0.39, 0.29) is 16.9 Å². The summed E-state index contributed by atoms with van der Waals surface area (Å²) >= 11 is 3.41. The van der Waals surface area contributed by atoms with Gasteiger partial charge in [0.15, 0.2) is 0 Å². The number of aromatic nitrogens is 3. The predicted octanol–water partition coefficient (Wildman–Crippen LogP) is 2.06. The molecule has 138 valence electrons. The molecule has 1 aromatic carbocycles. The number of hydrogen-bond acceptors (Lipinski definition) is 4. The van der Waals surface area contributed by atoms with Crippen LogP contribution >= 0.6 is 15.9 Å². The first-order valence-electron chi connectivity index (χ1n) is 8.47. The Morgan fingerprint density at radius 1 is 1.15 bits per heavy atom. The van der Waals surface area contributed by atoms with Gasteiger partial charge in [0.25, 0.3) is 5.56 Å². The summed E-state index contributed by atoms with van der Waals surface area (Å²) in [5, 5.41) is 3.17. The van der Waals surface area contributed by atoms with Gasteiger partial charge in [0.05, 0.1) is 22.7 Å². The molecule has 0 atom stereocenters. The van der Waals surface area contributed by atoms with Crippen LogP contribution in [0.4, 0.5) is 5.69 Å². The number of pyridine rings is 1. The molecule has 4 rings (SSSR count). The molecule has 2 heterocycles. The zero-order chi connectivity index (χ0) is 19.3. The van der Waals surface area contributed by atoms with Crippen LogP contribution in [0.3, 0.4) is 0 Å². The van der Waals surface area contributed by atoms with E-state index < -0.39 is 16.7 Å². The third-order valence-corrected chi connectivity index (χ3v) is 5.66. The van der Waals surface area contributed by atoms with Crippen LogP contribution in [-0.4, -0.2) is 20.0 Å². The van der Waals surface area contributed by atoms with Crippen LogP contribution in [0.15, 0.2) is 50.6 Å². The van der Waals surface area contributed by atoms with Gasteiger partial charge in [0.1, 0.15) is 5.65 Å². The standard InChI is InChI=1S/C19H17BrN4O3/c1-23-15-14(16(25)24(2)18(23)27)9-13(10-21-15)22-17(26)19(7-8-19)11-3-5-12(20)6-4-11/h3-6,9-10H,7-8H2,1-2H3,(H,22,26). The van der Waals surface area contributed by atoms with E-state index in [1.807, 2.05) is 24.3 Å². The molecule has 0 saturated heterocycles. The maximum atomic E-state index is 12.9. The van der Waals surface area contributed by atoms with E-state index in [9.17, 15) is 14.4 Å². The lowest BCUT2D eigenvalue weighted by molar-refractivity contribution is -0.118. The molecule has 27 heavy (non-hydrogen) atoms. The second kappa shape index (κ2) is 6.16. The Hall–Kier alpha value is -2.74. The fraction of sp³-hybridized carbons (Fsp3) is 0.263. The summed E-state index contributed by atoms with van der Waals surface area (Å²) in [5.41, 5.74) is 0.274. The minimum Gasteiger partial charge on any atom is -0.324 e. The Bertz CT molecular complexity index is 1190. The van der Waals surface area contributed by atoms with E-state index in [0.717, 1.165) is 27.4 Å². The molecule has 1 aliphatic carbocycles. The summed E-state index contributed by atoms with van der Waals surface area (Å²) in [4.78, 5) is 41.5. The van der Waals surface area contributed by atoms with Gasteiger partial charge in [-0.3, -0.25) is 18.7 Å². The van der Waals surface area contributed by atoms with Crippen molar-refractivity contribution in [2.75, 3.05) is 5.32 Å². The highest BCUT2D eigenvalue weighted by molar-refractivity contribution is 9.10. The van der Waals surface area contributed by atoms with Crippen molar-refractivity contribution in [1.82, 2.24) is 14.1 Å². The van der Waals surface area contributed by atoms with E-state index in [0.29, 0.717) is 5.69 Å². The number of benzene rings is 1. The molecular weight excluding hydrogens is 412 g/mol. The molecule has 0 unspecified atom stereocenters. The van der Waals surface area contributed by atoms with Crippen molar-refractivity contribution in [3.8, 4) is 0 Å². The zero-order valence-corrected chi connectivity index (χ0v) is 16.4. The molecule has 1 aliphatic rings. The van der Waals surface area contributed by atoms with E-state index in [1.165, 1.54) is 17.8 Å². The Morgan fingerprint density at radius 3 is 2.44 bits per heavy atom. The average molecular weight is 429 g/mol. The lowest BCUT2D eigenvalue weighted by Gasteiger charge is -2.16. The second-order valence-electron chi connectivity index (χ2n) is 6.84. The number of carbonyl (C=O) groups excluding carboxylic acids is 1. The van der Waals surface area contributed by atoms with Crippen LogP contribution in [0.1, 0.15) is 18.4 Å². The predicted molar refractivity (Wildman–Crippen MR) is 106 cm³/mol. The first kappa shape index (κ1) is 17.7. The summed E-state index contributed by atoms with van der Waals surface area (Å²) in [6.07, 6.45) is 3.02. The molecule has 0 aliphatic heterocycles. The molecule has 1 saturated carbocycles. The van der Waals surface area contributed by atoms with Crippen molar-refractivity contribution in [1.29, 1.82) is 0 Å². The fourth-order valence-corrected chi connectivity index (χ4v) is 3.59. The van der Waals surface area contributed by atoms with Crippen LogP contribution in [0, 0.1) is 0 Å². The first-order chi connectivity index (χ1) is 12.8. The minimum absolute atomic E-state index is 0.118. The second-order valence-corrected chi connectivity index (χ2v) is 7.76. The quantitative estimate of drug-likeness (QED) is 0.691. The van der Waals surface area contributed by atoms with Crippen molar-refractivity contribution >= 4 is 38.6 Å². The van der Waals surface area contributed by atoms with Crippen molar-refractivity contribution in [2.45, 2.75) is 18.3 Å². The number of carbonyl (C=O) groups is 1. The van der Waals surface area contributed by atoms with Gasteiger partial charge in [0.2, 0.25) is 5.91 Å². The van der Waals surface area contributed by atoms with Gasteiger partial charge in [-0.05, 0) is 36.6 Å². The van der Waals surface area contributed by atoms with E-state index in [1.54, 1.807) is 13.1 Å². The smallest absolute Gasteiger partial charge is 0.324 e. The van der Waals surface area contributed by atoms with E-state index in [2.05, 4.69) is 26.2 Å². The Kier molecular flexibility index (Phi) is 4.03. The molecule has 0 spiro atoms. The largest absolute Gasteiger partial charge is 0.332 e. The Balaban J connectivity index is 1.70. The van der Waals surface area contributed by atoms with Gasteiger partial charge in [-0.1, -0.05) is 28.1 Å². The molecule has 1 fully saturated rings. The Morgan fingerprint density at radius 2 is 1.81 bits per heavy atom. The van der Waals surface area contributed by atoms with Crippen molar-refractivity contribution in [3.05, 3.63) is 67.4 Å². The van der Waals surface area contributed by atoms with E-state index >= 15 is 0 Å². The molecule has 0 radical (unpaired) electrons. The highest BCUT2D eigenvalue weighted by atomic mass is 79.9. The van der Waals surface area contributed by atoms with Crippen molar-refractivity contribution < 1.29 is 4.79 Å². The molecular formula is C19H17BrN4O3. The van der Waals surface area contributed by atoms with Gasteiger partial charge in [-0.15, -0.1) is 0 Å². The Labute approximate surface area is 162 Å². The van der Waals surface area contributed by atoms with Crippen LogP contribution in [0.2, 0.25) is 0 Å². The molecule has 0 bridgehead atoms. The maximum absolute atomic E-state index is 12.9. The maximum Gasteiger partial charge on any atom is 0.332 e. The van der Waals surface area contributed by atoms with Crippen LogP contribution in [0.5, 0.6) is 0 Å². The normalized spacial score (nSPS) is 14.9. The lowest BCUT2D eigenvalue weighted by atomic mass is 9.95. The SMILES string of the molecule is Cn1c(=O)c2cc(NC(=O)C3(c4ccc(Br)cc4)CC3)cnc2n(C)c1=O. The third-order valence-electron chi connectivity index (χ3n) is 5.13. The number of nitrogens with zero attached hydrogens (tertiary/aromatic N) is 3.